The summed E-state index contributed by atoms with van der Waals surface area (Å²) in [6.07, 6.45) is 7.09. The van der Waals surface area contributed by atoms with Gasteiger partial charge in [0.2, 0.25) is 0 Å². The molecule has 3 fully saturated rings. The zero-order valence-corrected chi connectivity index (χ0v) is 9.56. The lowest BCUT2D eigenvalue weighted by molar-refractivity contribution is -0.187. The van der Waals surface area contributed by atoms with E-state index in [0.29, 0.717) is 6.61 Å². The van der Waals surface area contributed by atoms with Crippen molar-refractivity contribution >= 4 is 0 Å². The summed E-state index contributed by atoms with van der Waals surface area (Å²) in [4.78, 5) is 0. The molecule has 0 unspecified atom stereocenters. The van der Waals surface area contributed by atoms with Crippen LogP contribution in [0.5, 0.6) is 0 Å². The molecule has 0 amide bonds. The van der Waals surface area contributed by atoms with Gasteiger partial charge >= 0.3 is 0 Å². The van der Waals surface area contributed by atoms with E-state index >= 15 is 0 Å². The van der Waals surface area contributed by atoms with Crippen LogP contribution in [0.1, 0.15) is 38.5 Å². The zero-order chi connectivity index (χ0) is 11.0. The van der Waals surface area contributed by atoms with Gasteiger partial charge in [-0.3, -0.25) is 0 Å². The van der Waals surface area contributed by atoms with Crippen molar-refractivity contribution in [3.63, 3.8) is 0 Å². The van der Waals surface area contributed by atoms with Gasteiger partial charge in [0.05, 0.1) is 25.4 Å². The maximum atomic E-state index is 8.90. The minimum atomic E-state index is -0.271. The largest absolute Gasteiger partial charge is 0.394 e. The van der Waals surface area contributed by atoms with Gasteiger partial charge in [0, 0.05) is 19.3 Å². The predicted octanol–water partition coefficient (Wildman–Crippen LogP) is 1.21. The van der Waals surface area contributed by atoms with E-state index in [9.17, 15) is 0 Å². The van der Waals surface area contributed by atoms with Crippen LogP contribution in [0.4, 0.5) is 0 Å². The highest BCUT2D eigenvalue weighted by atomic mass is 16.7. The molecule has 0 bridgehead atoms. The topological polar surface area (TPSA) is 51.2 Å². The van der Waals surface area contributed by atoms with E-state index in [4.69, 9.17) is 19.3 Å². The van der Waals surface area contributed by atoms with Gasteiger partial charge < -0.3 is 19.3 Å². The first-order chi connectivity index (χ1) is 7.81. The lowest BCUT2D eigenvalue weighted by Crippen LogP contribution is -2.33. The fourth-order valence-corrected chi connectivity index (χ4v) is 2.89. The molecule has 2 heterocycles. The number of hydrogen-bond acceptors (Lipinski definition) is 4. The van der Waals surface area contributed by atoms with E-state index in [0.717, 1.165) is 19.3 Å². The van der Waals surface area contributed by atoms with E-state index in [-0.39, 0.29) is 30.7 Å². The minimum Gasteiger partial charge on any atom is -0.394 e. The second-order valence-corrected chi connectivity index (χ2v) is 5.15. The van der Waals surface area contributed by atoms with Crippen molar-refractivity contribution in [1.82, 2.24) is 0 Å². The second kappa shape index (κ2) is 4.26. The van der Waals surface area contributed by atoms with Gasteiger partial charge in [0.25, 0.3) is 0 Å². The number of aliphatic hydroxyl groups is 1. The van der Waals surface area contributed by atoms with Crippen LogP contribution in [0.25, 0.3) is 0 Å². The van der Waals surface area contributed by atoms with E-state index in [1.165, 1.54) is 19.3 Å². The third-order valence-electron chi connectivity index (χ3n) is 3.89. The van der Waals surface area contributed by atoms with Crippen molar-refractivity contribution in [1.29, 1.82) is 0 Å². The fraction of sp³-hybridized carbons (Fsp3) is 1.00. The Morgan fingerprint density at radius 3 is 2.62 bits per heavy atom. The van der Waals surface area contributed by atoms with Crippen LogP contribution < -0.4 is 0 Å². The van der Waals surface area contributed by atoms with Crippen LogP contribution in [0, 0.1) is 0 Å². The Hall–Kier alpha value is -0.160. The molecule has 1 spiro atoms. The number of ether oxygens (including phenoxy) is 3. The molecule has 0 radical (unpaired) electrons. The molecule has 1 saturated carbocycles. The third kappa shape index (κ3) is 2.12. The van der Waals surface area contributed by atoms with Gasteiger partial charge in [0.15, 0.2) is 5.79 Å². The number of aliphatic hydroxyl groups excluding tert-OH is 1. The molecule has 3 atom stereocenters. The smallest absolute Gasteiger partial charge is 0.168 e. The fourth-order valence-electron chi connectivity index (χ4n) is 2.89. The molecule has 0 aromatic carbocycles. The first-order valence-electron chi connectivity index (χ1n) is 6.39. The average Bonchev–Trinajstić information content (AvgIpc) is 2.96. The predicted molar refractivity (Wildman–Crippen MR) is 57.0 cm³/mol. The third-order valence-corrected chi connectivity index (χ3v) is 3.89. The van der Waals surface area contributed by atoms with E-state index in [2.05, 4.69) is 0 Å². The van der Waals surface area contributed by atoms with Crippen LogP contribution in [-0.4, -0.2) is 42.4 Å². The van der Waals surface area contributed by atoms with Crippen LogP contribution in [0.15, 0.2) is 0 Å². The Bertz CT molecular complexity index is 249. The molecular formula is C12H20O4. The van der Waals surface area contributed by atoms with Gasteiger partial charge in [-0.25, -0.2) is 0 Å². The quantitative estimate of drug-likeness (QED) is 0.738. The van der Waals surface area contributed by atoms with Gasteiger partial charge in [0.1, 0.15) is 6.10 Å². The van der Waals surface area contributed by atoms with Gasteiger partial charge in [-0.15, -0.1) is 0 Å². The van der Waals surface area contributed by atoms with Crippen molar-refractivity contribution in [2.75, 3.05) is 13.2 Å². The molecule has 3 rings (SSSR count). The summed E-state index contributed by atoms with van der Waals surface area (Å²) in [5, 5.41) is 8.90. The summed E-state index contributed by atoms with van der Waals surface area (Å²) in [6.45, 7) is 0.821. The Morgan fingerprint density at radius 1 is 1.12 bits per heavy atom. The molecule has 4 heteroatoms. The minimum absolute atomic E-state index is 0.0477. The maximum absolute atomic E-state index is 8.90. The highest BCUT2D eigenvalue weighted by Gasteiger charge is 2.46. The van der Waals surface area contributed by atoms with E-state index in [1.54, 1.807) is 0 Å². The molecule has 3 aliphatic rings. The van der Waals surface area contributed by atoms with Crippen molar-refractivity contribution < 1.29 is 19.3 Å². The molecular weight excluding hydrogens is 208 g/mol. The molecule has 16 heavy (non-hydrogen) atoms. The Labute approximate surface area is 95.9 Å². The van der Waals surface area contributed by atoms with Crippen LogP contribution in [-0.2, 0) is 14.2 Å². The molecule has 0 aromatic rings. The first-order valence-corrected chi connectivity index (χ1v) is 6.39. The van der Waals surface area contributed by atoms with Crippen molar-refractivity contribution in [2.45, 2.75) is 62.6 Å². The van der Waals surface area contributed by atoms with E-state index in [1.807, 2.05) is 0 Å². The van der Waals surface area contributed by atoms with Crippen molar-refractivity contribution in [3.05, 3.63) is 0 Å². The maximum Gasteiger partial charge on any atom is 0.168 e. The van der Waals surface area contributed by atoms with Gasteiger partial charge in [-0.05, 0) is 12.8 Å². The van der Waals surface area contributed by atoms with Gasteiger partial charge in [-0.2, -0.15) is 0 Å². The summed E-state index contributed by atoms with van der Waals surface area (Å²) in [5.74, 6) is -0.271. The van der Waals surface area contributed by atoms with Crippen LogP contribution >= 0.6 is 0 Å². The molecule has 2 saturated heterocycles. The standard InChI is InChI=1S/C12H20O4/c13-7-11-10(15-11)6-9-8-14-12(16-9)4-2-1-3-5-12/h9-11,13H,1-8H2/t9-,10-,11-/m0/s1. The molecule has 2 aliphatic heterocycles. The zero-order valence-electron chi connectivity index (χ0n) is 9.56. The Kier molecular flexibility index (Phi) is 2.92. The van der Waals surface area contributed by atoms with Gasteiger partial charge in [-0.1, -0.05) is 6.42 Å². The van der Waals surface area contributed by atoms with Crippen LogP contribution in [0.3, 0.4) is 0 Å². The molecule has 4 nitrogen and oxygen atoms in total. The normalized spacial score (nSPS) is 41.4. The first kappa shape index (κ1) is 11.0. The highest BCUT2D eigenvalue weighted by molar-refractivity contribution is 4.90. The van der Waals surface area contributed by atoms with E-state index < -0.39 is 0 Å². The monoisotopic (exact) mass is 228 g/mol. The van der Waals surface area contributed by atoms with Crippen LogP contribution in [0.2, 0.25) is 0 Å². The summed E-state index contributed by atoms with van der Waals surface area (Å²) >= 11 is 0. The molecule has 1 aliphatic carbocycles. The average molecular weight is 228 g/mol. The lowest BCUT2D eigenvalue weighted by atomic mass is 9.94. The SMILES string of the molecule is OC[C@@H]1O[C@H]1C[C@H]1COC2(CCCCC2)O1. The number of hydrogen-bond donors (Lipinski definition) is 1. The summed E-state index contributed by atoms with van der Waals surface area (Å²) in [5.41, 5.74) is 0. The Morgan fingerprint density at radius 2 is 1.94 bits per heavy atom. The molecule has 92 valence electrons. The van der Waals surface area contributed by atoms with Crippen molar-refractivity contribution in [3.8, 4) is 0 Å². The summed E-state index contributed by atoms with van der Waals surface area (Å²) in [7, 11) is 0. The second-order valence-electron chi connectivity index (χ2n) is 5.15. The highest BCUT2D eigenvalue weighted by Crippen LogP contribution is 2.40. The number of epoxide rings is 1. The number of rotatable bonds is 3. The van der Waals surface area contributed by atoms with Crippen molar-refractivity contribution in [2.24, 2.45) is 0 Å². The Balaban J connectivity index is 1.49. The summed E-state index contributed by atoms with van der Waals surface area (Å²) < 4.78 is 17.2. The lowest BCUT2D eigenvalue weighted by Gasteiger charge is -2.31. The molecule has 1 N–H and O–H groups in total. The molecule has 0 aromatic heterocycles. The summed E-state index contributed by atoms with van der Waals surface area (Å²) in [6, 6.07) is 0.